The Kier molecular flexibility index (Phi) is 6.23. The molecule has 5 N–H and O–H groups in total. The lowest BCUT2D eigenvalue weighted by Crippen LogP contribution is -2.57. The number of allylic oxidation sites excluding steroid dienone is 2. The van der Waals surface area contributed by atoms with Gasteiger partial charge in [0.2, 0.25) is 0 Å². The van der Waals surface area contributed by atoms with Crippen LogP contribution in [0, 0.1) is 34.5 Å². The van der Waals surface area contributed by atoms with Crippen LogP contribution in [0.25, 0.3) is 0 Å². The van der Waals surface area contributed by atoms with Crippen LogP contribution in [0.3, 0.4) is 0 Å². The summed E-state index contributed by atoms with van der Waals surface area (Å²) in [4.78, 5) is 13.2. The Balaban J connectivity index is 1.61. The first kappa shape index (κ1) is 25.3. The Bertz CT molecular complexity index is 812. The molecule has 0 spiro atoms. The summed E-state index contributed by atoms with van der Waals surface area (Å²) in [5.41, 5.74) is -1.58. The van der Waals surface area contributed by atoms with Gasteiger partial charge in [0.05, 0.1) is 29.5 Å². The number of carbonyl (C=O) groups is 1. The lowest BCUT2D eigenvalue weighted by molar-refractivity contribution is -0.151. The molecule has 3 saturated carbocycles. The predicted molar refractivity (Wildman–Crippen MR) is 125 cm³/mol. The van der Waals surface area contributed by atoms with Gasteiger partial charge in [-0.2, -0.15) is 0 Å². The molecule has 4 aliphatic carbocycles. The Labute approximate surface area is 198 Å². The first-order valence-corrected chi connectivity index (χ1v) is 12.9. The van der Waals surface area contributed by atoms with Crippen LogP contribution in [0.4, 0.5) is 0 Å². The van der Waals surface area contributed by atoms with Crippen molar-refractivity contribution in [3.8, 4) is 0 Å². The predicted octanol–water partition coefficient (Wildman–Crippen LogP) is 2.74. The molecule has 4 aliphatic rings. The highest BCUT2D eigenvalue weighted by atomic mass is 16.3. The highest BCUT2D eigenvalue weighted by Crippen LogP contribution is 2.67. The number of aliphatic hydroxyl groups is 5. The second kappa shape index (κ2) is 8.12. The number of rotatable bonds is 5. The van der Waals surface area contributed by atoms with Crippen LogP contribution < -0.4 is 0 Å². The number of hydrogen-bond acceptors (Lipinski definition) is 6. The molecule has 5 unspecified atom stereocenters. The second-order valence-corrected chi connectivity index (χ2v) is 13.1. The van der Waals surface area contributed by atoms with E-state index in [1.165, 1.54) is 5.57 Å². The van der Waals surface area contributed by atoms with Crippen LogP contribution in [-0.4, -0.2) is 60.8 Å². The highest BCUT2D eigenvalue weighted by Gasteiger charge is 2.63. The van der Waals surface area contributed by atoms with E-state index in [2.05, 4.69) is 13.8 Å². The smallest absolute Gasteiger partial charge is 0.159 e. The van der Waals surface area contributed by atoms with Crippen LogP contribution in [0.1, 0.15) is 86.0 Å². The van der Waals surface area contributed by atoms with Gasteiger partial charge in [0, 0.05) is 5.92 Å². The zero-order valence-corrected chi connectivity index (χ0v) is 20.9. The van der Waals surface area contributed by atoms with E-state index in [1.54, 1.807) is 20.8 Å². The third kappa shape index (κ3) is 4.04. The second-order valence-electron chi connectivity index (χ2n) is 13.1. The van der Waals surface area contributed by atoms with E-state index >= 15 is 0 Å². The van der Waals surface area contributed by atoms with Gasteiger partial charge in [0.25, 0.3) is 0 Å². The summed E-state index contributed by atoms with van der Waals surface area (Å²) in [5.74, 6) is 0.0783. The monoisotopic (exact) mass is 464 g/mol. The fourth-order valence-electron chi connectivity index (χ4n) is 8.37. The number of fused-ring (bicyclic) bond motifs is 5. The molecule has 0 aromatic rings. The van der Waals surface area contributed by atoms with Crippen molar-refractivity contribution in [3.05, 3.63) is 11.6 Å². The fraction of sp³-hybridized carbons (Fsp3) is 0.889. The Morgan fingerprint density at radius 1 is 1.00 bits per heavy atom. The van der Waals surface area contributed by atoms with E-state index in [9.17, 15) is 30.3 Å². The quantitative estimate of drug-likeness (QED) is 0.427. The van der Waals surface area contributed by atoms with Crippen LogP contribution in [0.15, 0.2) is 11.6 Å². The molecule has 0 heterocycles. The van der Waals surface area contributed by atoms with Crippen LogP contribution >= 0.6 is 0 Å². The molecule has 0 amide bonds. The van der Waals surface area contributed by atoms with Crippen molar-refractivity contribution in [2.75, 3.05) is 0 Å². The lowest BCUT2D eigenvalue weighted by atomic mass is 9.47. The Hall–Kier alpha value is -0.790. The molecule has 188 valence electrons. The number of ketones is 1. The molecule has 10 atom stereocenters. The third-order valence-corrected chi connectivity index (χ3v) is 10.3. The standard InChI is InChI=1S/C27H44O6/c1-24(2,32)10-9-23(31)27(5,33)22-7-6-16-15-12-19(28)18-13-20(29)21(30)14-26(18,4)17(15)8-11-25(16,22)3/h12,16-18,20-23,29-33H,6-11,13-14H2,1-5H3/t16?,17?,18?,20?,21?,22-,23+,25-,26+,27+/m0/s1. The maximum atomic E-state index is 13.2. The first-order valence-electron chi connectivity index (χ1n) is 12.9. The molecule has 6 heteroatoms. The molecule has 33 heavy (non-hydrogen) atoms. The summed E-state index contributed by atoms with van der Waals surface area (Å²) in [7, 11) is 0. The van der Waals surface area contributed by atoms with Gasteiger partial charge in [-0.15, -0.1) is 0 Å². The van der Waals surface area contributed by atoms with Crippen molar-refractivity contribution in [3.63, 3.8) is 0 Å². The van der Waals surface area contributed by atoms with E-state index in [4.69, 9.17) is 0 Å². The molecule has 0 radical (unpaired) electrons. The van der Waals surface area contributed by atoms with E-state index < -0.39 is 29.5 Å². The Morgan fingerprint density at radius 3 is 2.27 bits per heavy atom. The summed E-state index contributed by atoms with van der Waals surface area (Å²) in [5, 5.41) is 53.3. The zero-order chi connectivity index (χ0) is 24.6. The van der Waals surface area contributed by atoms with Crippen LogP contribution in [0.2, 0.25) is 0 Å². The lowest BCUT2D eigenvalue weighted by Gasteiger charge is -2.58. The maximum absolute atomic E-state index is 13.2. The van der Waals surface area contributed by atoms with Gasteiger partial charge in [0.15, 0.2) is 5.78 Å². The van der Waals surface area contributed by atoms with Gasteiger partial charge in [-0.3, -0.25) is 4.79 Å². The molecular weight excluding hydrogens is 420 g/mol. The summed E-state index contributed by atoms with van der Waals surface area (Å²) in [6.07, 6.45) is 4.21. The van der Waals surface area contributed by atoms with Crippen molar-refractivity contribution in [2.45, 2.75) is 115 Å². The van der Waals surface area contributed by atoms with Gasteiger partial charge in [-0.25, -0.2) is 0 Å². The number of hydrogen-bond donors (Lipinski definition) is 5. The third-order valence-electron chi connectivity index (χ3n) is 10.3. The zero-order valence-electron chi connectivity index (χ0n) is 20.9. The van der Waals surface area contributed by atoms with Crippen molar-refractivity contribution in [1.82, 2.24) is 0 Å². The van der Waals surface area contributed by atoms with E-state index in [0.29, 0.717) is 25.7 Å². The maximum Gasteiger partial charge on any atom is 0.159 e. The topological polar surface area (TPSA) is 118 Å². The number of aliphatic hydroxyl groups excluding tert-OH is 3. The average Bonchev–Trinajstić information content (AvgIpc) is 3.06. The fourth-order valence-corrected chi connectivity index (χ4v) is 8.37. The highest BCUT2D eigenvalue weighted by molar-refractivity contribution is 5.94. The summed E-state index contributed by atoms with van der Waals surface area (Å²) in [6.45, 7) is 9.49. The molecule has 0 aromatic carbocycles. The van der Waals surface area contributed by atoms with Gasteiger partial charge in [0.1, 0.15) is 0 Å². The van der Waals surface area contributed by atoms with Crippen molar-refractivity contribution in [2.24, 2.45) is 34.5 Å². The molecular formula is C27H44O6. The van der Waals surface area contributed by atoms with Gasteiger partial charge in [-0.1, -0.05) is 19.4 Å². The molecule has 0 aromatic heterocycles. The molecule has 3 fully saturated rings. The molecule has 0 aliphatic heterocycles. The average molecular weight is 465 g/mol. The molecule has 0 bridgehead atoms. The molecule has 4 rings (SSSR count). The van der Waals surface area contributed by atoms with E-state index in [0.717, 1.165) is 25.7 Å². The molecule has 0 saturated heterocycles. The minimum atomic E-state index is -1.28. The Morgan fingerprint density at radius 2 is 1.64 bits per heavy atom. The van der Waals surface area contributed by atoms with Crippen molar-refractivity contribution < 1.29 is 30.3 Å². The van der Waals surface area contributed by atoms with Crippen molar-refractivity contribution in [1.29, 1.82) is 0 Å². The minimum Gasteiger partial charge on any atom is -0.390 e. The van der Waals surface area contributed by atoms with E-state index in [1.807, 2.05) is 6.08 Å². The largest absolute Gasteiger partial charge is 0.390 e. The van der Waals surface area contributed by atoms with E-state index in [-0.39, 0.29) is 40.3 Å². The number of carbonyl (C=O) groups excluding carboxylic acids is 1. The van der Waals surface area contributed by atoms with Crippen LogP contribution in [-0.2, 0) is 4.79 Å². The summed E-state index contributed by atoms with van der Waals surface area (Å²) >= 11 is 0. The first-order chi connectivity index (χ1) is 15.1. The SMILES string of the molecule is CC(C)(O)CC[C@@H](O)[C@](C)(O)[C@H]1CCC2C3=CC(=O)C4CC(O)C(O)C[C@]4(C)C3CC[C@@]21C. The normalized spacial score (nSPS) is 46.0. The van der Waals surface area contributed by atoms with Gasteiger partial charge in [-0.05, 0) is 107 Å². The summed E-state index contributed by atoms with van der Waals surface area (Å²) in [6, 6.07) is 0. The van der Waals surface area contributed by atoms with Gasteiger partial charge >= 0.3 is 0 Å². The van der Waals surface area contributed by atoms with Crippen LogP contribution in [0.5, 0.6) is 0 Å². The van der Waals surface area contributed by atoms with Gasteiger partial charge < -0.3 is 25.5 Å². The van der Waals surface area contributed by atoms with Crippen molar-refractivity contribution >= 4 is 5.78 Å². The summed E-state index contributed by atoms with van der Waals surface area (Å²) < 4.78 is 0. The molecule has 6 nitrogen and oxygen atoms in total. The minimum absolute atomic E-state index is 0.0689.